The van der Waals surface area contributed by atoms with Crippen LogP contribution in [-0.2, 0) is 6.61 Å². The van der Waals surface area contributed by atoms with Crippen LogP contribution in [0.2, 0.25) is 0 Å². The van der Waals surface area contributed by atoms with Gasteiger partial charge in [-0.1, -0.05) is 60.7 Å². The maximum Gasteiger partial charge on any atom is 0.271 e. The van der Waals surface area contributed by atoms with Crippen LogP contribution in [0.25, 0.3) is 11.1 Å². The Morgan fingerprint density at radius 3 is 2.38 bits per heavy atom. The molecule has 170 valence electrons. The predicted molar refractivity (Wildman–Crippen MR) is 132 cm³/mol. The van der Waals surface area contributed by atoms with E-state index < -0.39 is 0 Å². The summed E-state index contributed by atoms with van der Waals surface area (Å²) in [5, 5.41) is 13.8. The average Bonchev–Trinajstić information content (AvgIpc) is 2.88. The first-order valence-electron chi connectivity index (χ1n) is 10.7. The summed E-state index contributed by atoms with van der Waals surface area (Å²) in [6, 6.07) is 30.0. The third kappa shape index (κ3) is 5.61. The third-order valence-electron chi connectivity index (χ3n) is 5.16. The van der Waals surface area contributed by atoms with Crippen LogP contribution in [0.4, 0.5) is 0 Å². The summed E-state index contributed by atoms with van der Waals surface area (Å²) in [6.07, 6.45) is 1.45. The normalized spacial score (nSPS) is 10.7. The molecule has 0 aromatic heterocycles. The number of rotatable bonds is 8. The number of phenols is 1. The standard InChI is InChI=1S/C28H24N2O4/c1-33-27-16-13-21(17-25(27)31)18-29-30-28(32)23-14-11-20(12-15-23)19-34-26-10-6-5-9-24(26)22-7-3-2-4-8-22/h2-18,31H,19H2,1H3,(H,30,32). The van der Waals surface area contributed by atoms with E-state index in [1.807, 2.05) is 54.6 Å². The Labute approximate surface area is 198 Å². The smallest absolute Gasteiger partial charge is 0.271 e. The Bertz CT molecular complexity index is 1290. The van der Waals surface area contributed by atoms with Crippen molar-refractivity contribution in [1.82, 2.24) is 5.43 Å². The molecule has 0 aliphatic carbocycles. The van der Waals surface area contributed by atoms with Gasteiger partial charge in [0.1, 0.15) is 12.4 Å². The maximum absolute atomic E-state index is 12.4. The van der Waals surface area contributed by atoms with E-state index in [4.69, 9.17) is 9.47 Å². The molecule has 1 amide bonds. The summed E-state index contributed by atoms with van der Waals surface area (Å²) in [5.74, 6) is 0.834. The number of phenolic OH excluding ortho intramolecular Hbond substituents is 1. The molecule has 4 rings (SSSR count). The molecule has 0 radical (unpaired) electrons. The Hall–Kier alpha value is -4.58. The molecule has 4 aromatic carbocycles. The Kier molecular flexibility index (Phi) is 7.20. The van der Waals surface area contributed by atoms with Gasteiger partial charge in [0.2, 0.25) is 0 Å². The Balaban J connectivity index is 1.35. The molecule has 0 atom stereocenters. The minimum absolute atomic E-state index is 0.00183. The number of hydrazone groups is 1. The van der Waals surface area contributed by atoms with E-state index in [0.29, 0.717) is 23.5 Å². The average molecular weight is 453 g/mol. The highest BCUT2D eigenvalue weighted by Gasteiger charge is 2.08. The van der Waals surface area contributed by atoms with Gasteiger partial charge >= 0.3 is 0 Å². The second-order valence-electron chi connectivity index (χ2n) is 7.48. The fourth-order valence-electron chi connectivity index (χ4n) is 3.38. The van der Waals surface area contributed by atoms with E-state index in [2.05, 4.69) is 22.7 Å². The summed E-state index contributed by atoms with van der Waals surface area (Å²) >= 11 is 0. The predicted octanol–water partition coefficient (Wildman–Crippen LogP) is 5.41. The molecule has 0 unspecified atom stereocenters. The maximum atomic E-state index is 12.4. The molecule has 6 nitrogen and oxygen atoms in total. The minimum atomic E-state index is -0.337. The van der Waals surface area contributed by atoms with Crippen LogP contribution in [0.5, 0.6) is 17.2 Å². The van der Waals surface area contributed by atoms with E-state index in [0.717, 1.165) is 22.4 Å². The van der Waals surface area contributed by atoms with Crippen molar-refractivity contribution < 1.29 is 19.4 Å². The van der Waals surface area contributed by atoms with Gasteiger partial charge in [0.15, 0.2) is 11.5 Å². The van der Waals surface area contributed by atoms with Gasteiger partial charge in [0.25, 0.3) is 5.91 Å². The van der Waals surface area contributed by atoms with Crippen LogP contribution >= 0.6 is 0 Å². The van der Waals surface area contributed by atoms with Crippen molar-refractivity contribution in [3.63, 3.8) is 0 Å². The first-order chi connectivity index (χ1) is 16.6. The van der Waals surface area contributed by atoms with Gasteiger partial charge < -0.3 is 14.6 Å². The van der Waals surface area contributed by atoms with Gasteiger partial charge in [0, 0.05) is 11.1 Å². The molecule has 4 aromatic rings. The number of hydrogen-bond donors (Lipinski definition) is 2. The van der Waals surface area contributed by atoms with E-state index in [1.54, 1.807) is 24.3 Å². The van der Waals surface area contributed by atoms with Crippen LogP contribution in [0.15, 0.2) is 102 Å². The molecule has 0 saturated heterocycles. The van der Waals surface area contributed by atoms with E-state index >= 15 is 0 Å². The highest BCUT2D eigenvalue weighted by molar-refractivity contribution is 5.95. The molecule has 0 aliphatic heterocycles. The monoisotopic (exact) mass is 452 g/mol. The zero-order valence-corrected chi connectivity index (χ0v) is 18.6. The van der Waals surface area contributed by atoms with Crippen molar-refractivity contribution in [3.8, 4) is 28.4 Å². The van der Waals surface area contributed by atoms with Gasteiger partial charge in [-0.25, -0.2) is 5.43 Å². The number of carbonyl (C=O) groups excluding carboxylic acids is 1. The number of hydrogen-bond acceptors (Lipinski definition) is 5. The van der Waals surface area contributed by atoms with E-state index in [9.17, 15) is 9.90 Å². The zero-order valence-electron chi connectivity index (χ0n) is 18.6. The minimum Gasteiger partial charge on any atom is -0.504 e. The van der Waals surface area contributed by atoms with Crippen molar-refractivity contribution >= 4 is 12.1 Å². The van der Waals surface area contributed by atoms with Crippen LogP contribution in [0.3, 0.4) is 0 Å². The summed E-state index contributed by atoms with van der Waals surface area (Å²) in [5.41, 5.74) is 6.65. The molecular formula is C28H24N2O4. The number of amides is 1. The summed E-state index contributed by atoms with van der Waals surface area (Å²) < 4.78 is 11.1. The quantitative estimate of drug-likeness (QED) is 0.277. The van der Waals surface area contributed by atoms with Gasteiger partial charge in [-0.2, -0.15) is 5.10 Å². The van der Waals surface area contributed by atoms with Crippen LogP contribution < -0.4 is 14.9 Å². The fraction of sp³-hybridized carbons (Fsp3) is 0.0714. The van der Waals surface area contributed by atoms with Crippen LogP contribution in [-0.4, -0.2) is 24.3 Å². The highest BCUT2D eigenvalue weighted by atomic mass is 16.5. The third-order valence-corrected chi connectivity index (χ3v) is 5.16. The number of aromatic hydroxyl groups is 1. The number of ether oxygens (including phenoxy) is 2. The second-order valence-corrected chi connectivity index (χ2v) is 7.48. The molecule has 0 bridgehead atoms. The topological polar surface area (TPSA) is 80.2 Å². The molecule has 0 saturated carbocycles. The molecule has 0 spiro atoms. The van der Waals surface area contributed by atoms with E-state index in [1.165, 1.54) is 19.4 Å². The number of para-hydroxylation sites is 1. The molecule has 0 fully saturated rings. The number of nitrogens with zero attached hydrogens (tertiary/aromatic N) is 1. The van der Waals surface area contributed by atoms with Crippen molar-refractivity contribution in [1.29, 1.82) is 0 Å². The largest absolute Gasteiger partial charge is 0.504 e. The Morgan fingerprint density at radius 1 is 0.912 bits per heavy atom. The fourth-order valence-corrected chi connectivity index (χ4v) is 3.38. The number of methoxy groups -OCH3 is 1. The molecule has 34 heavy (non-hydrogen) atoms. The van der Waals surface area contributed by atoms with Gasteiger partial charge in [0.05, 0.1) is 13.3 Å². The number of nitrogens with one attached hydrogen (secondary N) is 1. The Morgan fingerprint density at radius 2 is 1.65 bits per heavy atom. The first-order valence-corrected chi connectivity index (χ1v) is 10.7. The summed E-state index contributed by atoms with van der Waals surface area (Å²) in [6.45, 7) is 0.380. The lowest BCUT2D eigenvalue weighted by molar-refractivity contribution is 0.0955. The molecule has 0 aliphatic rings. The molecule has 0 heterocycles. The summed E-state index contributed by atoms with van der Waals surface area (Å²) in [7, 11) is 1.48. The van der Waals surface area contributed by atoms with Crippen LogP contribution in [0.1, 0.15) is 21.5 Å². The lowest BCUT2D eigenvalue weighted by Crippen LogP contribution is -2.17. The van der Waals surface area contributed by atoms with Gasteiger partial charge in [-0.3, -0.25) is 4.79 Å². The SMILES string of the molecule is COc1ccc(C=NNC(=O)c2ccc(COc3ccccc3-c3ccccc3)cc2)cc1O. The molecular weight excluding hydrogens is 428 g/mol. The summed E-state index contributed by atoms with van der Waals surface area (Å²) in [4.78, 5) is 12.4. The van der Waals surface area contributed by atoms with Crippen molar-refractivity contribution in [2.24, 2.45) is 5.10 Å². The first kappa shape index (κ1) is 22.6. The van der Waals surface area contributed by atoms with Crippen molar-refractivity contribution in [2.45, 2.75) is 6.61 Å². The lowest BCUT2D eigenvalue weighted by atomic mass is 10.0. The van der Waals surface area contributed by atoms with Crippen LogP contribution in [0, 0.1) is 0 Å². The van der Waals surface area contributed by atoms with Crippen molar-refractivity contribution in [2.75, 3.05) is 7.11 Å². The van der Waals surface area contributed by atoms with Gasteiger partial charge in [-0.05, 0) is 53.1 Å². The lowest BCUT2D eigenvalue weighted by Gasteiger charge is -2.12. The highest BCUT2D eigenvalue weighted by Crippen LogP contribution is 2.30. The zero-order chi connectivity index (χ0) is 23.8. The van der Waals surface area contributed by atoms with Gasteiger partial charge in [-0.15, -0.1) is 0 Å². The molecule has 6 heteroatoms. The molecule has 2 N–H and O–H groups in total. The second kappa shape index (κ2) is 10.8. The number of carbonyl (C=O) groups is 1. The van der Waals surface area contributed by atoms with E-state index in [-0.39, 0.29) is 11.7 Å². The van der Waals surface area contributed by atoms with Crippen molar-refractivity contribution in [3.05, 3.63) is 114 Å². The number of benzene rings is 4.